The Labute approximate surface area is 186 Å². The van der Waals surface area contributed by atoms with Crippen LogP contribution in [0.25, 0.3) is 0 Å². The fourth-order valence-electron chi connectivity index (χ4n) is 3.49. The zero-order valence-electron chi connectivity index (χ0n) is 20.4. The number of ether oxygens (including phenoxy) is 2. The fraction of sp³-hybridized carbons (Fsp3) is 0.920. The number of hydrogen-bond acceptors (Lipinski definition) is 5. The Hall–Kier alpha value is -1.10. The Balaban J connectivity index is 3.94. The molecule has 0 aromatic heterocycles. The van der Waals surface area contributed by atoms with Gasteiger partial charge < -0.3 is 14.4 Å². The quantitative estimate of drug-likeness (QED) is 0.159. The summed E-state index contributed by atoms with van der Waals surface area (Å²) in [5, 5.41) is 0. The van der Waals surface area contributed by atoms with Crippen molar-refractivity contribution in [2.75, 3.05) is 27.2 Å². The standard InChI is InChI=1S/C25H49NO4/c1-5-7-9-11-13-15-17-19-24(27)29-22-23(21-26(3)4)30-25(28)20-18-16-14-12-10-8-6-2/h23H,5-22H2,1-4H3. The van der Waals surface area contributed by atoms with E-state index in [0.717, 1.165) is 25.7 Å². The Bertz CT molecular complexity index is 412. The van der Waals surface area contributed by atoms with Crippen LogP contribution in [0.2, 0.25) is 0 Å². The lowest BCUT2D eigenvalue weighted by Crippen LogP contribution is -2.34. The van der Waals surface area contributed by atoms with Crippen molar-refractivity contribution in [2.45, 2.75) is 123 Å². The van der Waals surface area contributed by atoms with E-state index in [1.165, 1.54) is 64.2 Å². The van der Waals surface area contributed by atoms with E-state index in [1.54, 1.807) is 0 Å². The van der Waals surface area contributed by atoms with Gasteiger partial charge in [0.1, 0.15) is 12.7 Å². The van der Waals surface area contributed by atoms with Gasteiger partial charge in [-0.3, -0.25) is 9.59 Å². The molecule has 0 bridgehead atoms. The summed E-state index contributed by atoms with van der Waals surface area (Å²) in [4.78, 5) is 26.1. The molecule has 5 nitrogen and oxygen atoms in total. The number of hydrogen-bond donors (Lipinski definition) is 0. The molecule has 0 saturated heterocycles. The van der Waals surface area contributed by atoms with Gasteiger partial charge in [0.25, 0.3) is 0 Å². The van der Waals surface area contributed by atoms with Crippen LogP contribution in [0.4, 0.5) is 0 Å². The van der Waals surface area contributed by atoms with E-state index < -0.39 is 6.10 Å². The van der Waals surface area contributed by atoms with Crippen LogP contribution in [-0.2, 0) is 19.1 Å². The van der Waals surface area contributed by atoms with E-state index in [2.05, 4.69) is 13.8 Å². The average Bonchev–Trinajstić information content (AvgIpc) is 2.70. The molecule has 5 heteroatoms. The third-order valence-corrected chi connectivity index (χ3v) is 5.27. The first-order chi connectivity index (χ1) is 14.5. The summed E-state index contributed by atoms with van der Waals surface area (Å²) < 4.78 is 11.0. The van der Waals surface area contributed by atoms with Crippen LogP contribution in [0.15, 0.2) is 0 Å². The summed E-state index contributed by atoms with van der Waals surface area (Å²) in [7, 11) is 3.86. The van der Waals surface area contributed by atoms with Crippen molar-refractivity contribution in [2.24, 2.45) is 0 Å². The molecule has 0 heterocycles. The Kier molecular flexibility index (Phi) is 20.4. The normalized spacial score (nSPS) is 12.2. The first-order valence-corrected chi connectivity index (χ1v) is 12.5. The van der Waals surface area contributed by atoms with Gasteiger partial charge in [0, 0.05) is 19.4 Å². The van der Waals surface area contributed by atoms with E-state index in [0.29, 0.717) is 19.4 Å². The van der Waals surface area contributed by atoms with Crippen molar-refractivity contribution < 1.29 is 19.1 Å². The minimum atomic E-state index is -0.393. The maximum absolute atomic E-state index is 12.2. The molecular formula is C25H49NO4. The number of carbonyl (C=O) groups excluding carboxylic acids is 2. The zero-order chi connectivity index (χ0) is 22.5. The number of esters is 2. The molecule has 0 aromatic rings. The third kappa shape index (κ3) is 20.2. The molecule has 30 heavy (non-hydrogen) atoms. The molecule has 0 fully saturated rings. The monoisotopic (exact) mass is 427 g/mol. The van der Waals surface area contributed by atoms with E-state index >= 15 is 0 Å². The molecule has 0 rings (SSSR count). The molecule has 0 aromatic carbocycles. The minimum absolute atomic E-state index is 0.149. The molecule has 0 aliphatic heterocycles. The second-order valence-corrected chi connectivity index (χ2v) is 8.80. The predicted molar refractivity (Wildman–Crippen MR) is 125 cm³/mol. The number of carbonyl (C=O) groups is 2. The highest BCUT2D eigenvalue weighted by Crippen LogP contribution is 2.11. The highest BCUT2D eigenvalue weighted by atomic mass is 16.6. The highest BCUT2D eigenvalue weighted by molar-refractivity contribution is 5.70. The lowest BCUT2D eigenvalue weighted by Gasteiger charge is -2.21. The zero-order valence-corrected chi connectivity index (χ0v) is 20.4. The Morgan fingerprint density at radius 1 is 0.667 bits per heavy atom. The number of likely N-dealkylation sites (N-methyl/N-ethyl adjacent to an activating group) is 1. The summed E-state index contributed by atoms with van der Waals surface area (Å²) in [6.07, 6.45) is 17.0. The van der Waals surface area contributed by atoms with Crippen LogP contribution >= 0.6 is 0 Å². The fourth-order valence-corrected chi connectivity index (χ4v) is 3.49. The molecule has 0 saturated carbocycles. The molecule has 0 aliphatic rings. The smallest absolute Gasteiger partial charge is 0.306 e. The van der Waals surface area contributed by atoms with Gasteiger partial charge in [0.15, 0.2) is 0 Å². The van der Waals surface area contributed by atoms with Crippen molar-refractivity contribution >= 4 is 11.9 Å². The van der Waals surface area contributed by atoms with Crippen LogP contribution in [0.1, 0.15) is 117 Å². The molecule has 0 N–H and O–H groups in total. The van der Waals surface area contributed by atoms with Crippen LogP contribution in [0, 0.1) is 0 Å². The van der Waals surface area contributed by atoms with E-state index in [4.69, 9.17) is 9.47 Å². The van der Waals surface area contributed by atoms with Gasteiger partial charge in [-0.2, -0.15) is 0 Å². The van der Waals surface area contributed by atoms with Crippen molar-refractivity contribution in [3.05, 3.63) is 0 Å². The second kappa shape index (κ2) is 21.1. The lowest BCUT2D eigenvalue weighted by molar-refractivity contribution is -0.160. The minimum Gasteiger partial charge on any atom is -0.462 e. The molecule has 1 unspecified atom stereocenters. The molecule has 0 amide bonds. The second-order valence-electron chi connectivity index (χ2n) is 8.80. The van der Waals surface area contributed by atoms with Gasteiger partial charge in [-0.05, 0) is 26.9 Å². The largest absolute Gasteiger partial charge is 0.462 e. The predicted octanol–water partition coefficient (Wildman–Crippen LogP) is 6.28. The molecular weight excluding hydrogens is 378 g/mol. The summed E-state index contributed by atoms with van der Waals surface area (Å²) in [6.45, 7) is 5.14. The number of unbranched alkanes of at least 4 members (excludes halogenated alkanes) is 12. The van der Waals surface area contributed by atoms with Crippen molar-refractivity contribution in [3.8, 4) is 0 Å². The van der Waals surface area contributed by atoms with Crippen LogP contribution < -0.4 is 0 Å². The van der Waals surface area contributed by atoms with Crippen LogP contribution in [0.3, 0.4) is 0 Å². The number of rotatable bonds is 21. The average molecular weight is 428 g/mol. The summed E-state index contributed by atoms with van der Waals surface area (Å²) in [5.41, 5.74) is 0. The maximum atomic E-state index is 12.2. The van der Waals surface area contributed by atoms with E-state index in [-0.39, 0.29) is 18.5 Å². The third-order valence-electron chi connectivity index (χ3n) is 5.27. The first kappa shape index (κ1) is 28.9. The molecule has 0 spiro atoms. The van der Waals surface area contributed by atoms with Crippen LogP contribution in [0.5, 0.6) is 0 Å². The summed E-state index contributed by atoms with van der Waals surface area (Å²) in [6, 6.07) is 0. The highest BCUT2D eigenvalue weighted by Gasteiger charge is 2.17. The topological polar surface area (TPSA) is 55.8 Å². The van der Waals surface area contributed by atoms with Crippen molar-refractivity contribution in [1.29, 1.82) is 0 Å². The molecule has 0 radical (unpaired) electrons. The van der Waals surface area contributed by atoms with Gasteiger partial charge >= 0.3 is 11.9 Å². The van der Waals surface area contributed by atoms with E-state index in [1.807, 2.05) is 19.0 Å². The SMILES string of the molecule is CCCCCCCCCC(=O)OCC(CN(C)C)OC(=O)CCCCCCCCC. The molecule has 1 atom stereocenters. The van der Waals surface area contributed by atoms with Gasteiger partial charge in [0.05, 0.1) is 0 Å². The molecule has 0 aliphatic carbocycles. The van der Waals surface area contributed by atoms with Gasteiger partial charge in [-0.15, -0.1) is 0 Å². The first-order valence-electron chi connectivity index (χ1n) is 12.5. The Morgan fingerprint density at radius 2 is 1.10 bits per heavy atom. The van der Waals surface area contributed by atoms with Gasteiger partial charge in [-0.1, -0.05) is 90.9 Å². The van der Waals surface area contributed by atoms with Crippen LogP contribution in [-0.4, -0.2) is 50.2 Å². The maximum Gasteiger partial charge on any atom is 0.306 e. The van der Waals surface area contributed by atoms with Gasteiger partial charge in [0.2, 0.25) is 0 Å². The van der Waals surface area contributed by atoms with Gasteiger partial charge in [-0.25, -0.2) is 0 Å². The lowest BCUT2D eigenvalue weighted by atomic mass is 10.1. The Morgan fingerprint density at radius 3 is 1.57 bits per heavy atom. The molecule has 178 valence electrons. The van der Waals surface area contributed by atoms with Crippen molar-refractivity contribution in [3.63, 3.8) is 0 Å². The summed E-state index contributed by atoms with van der Waals surface area (Å²) in [5.74, 6) is -0.367. The van der Waals surface area contributed by atoms with E-state index in [9.17, 15) is 9.59 Å². The number of nitrogens with zero attached hydrogens (tertiary/aromatic N) is 1. The summed E-state index contributed by atoms with van der Waals surface area (Å²) >= 11 is 0. The van der Waals surface area contributed by atoms with Crippen molar-refractivity contribution in [1.82, 2.24) is 4.90 Å².